The van der Waals surface area contributed by atoms with E-state index in [0.717, 1.165) is 6.42 Å². The van der Waals surface area contributed by atoms with E-state index in [9.17, 15) is 0 Å². The van der Waals surface area contributed by atoms with E-state index < -0.39 is 0 Å². The zero-order chi connectivity index (χ0) is 12.1. The summed E-state index contributed by atoms with van der Waals surface area (Å²) in [6, 6.07) is 11.4. The molecule has 2 aromatic rings. The highest BCUT2D eigenvalue weighted by Gasteiger charge is 2.02. The molecule has 0 saturated heterocycles. The second kappa shape index (κ2) is 5.08. The first-order valence-corrected chi connectivity index (χ1v) is 5.31. The lowest BCUT2D eigenvalue weighted by atomic mass is 10.2. The number of nitrogens with zero attached hydrogens (tertiary/aromatic N) is 3. The third kappa shape index (κ3) is 2.79. The fourth-order valence-corrected chi connectivity index (χ4v) is 1.39. The normalized spacial score (nSPS) is 9.65. The standard InChI is InChI=1S/C13H11N3O/c1-2-10-4-3-5-12(8-10)17-13-15-7-6-11(9-14)16-13/h3-8H,2H2,1H3. The van der Waals surface area contributed by atoms with Crippen LogP contribution in [-0.2, 0) is 6.42 Å². The van der Waals surface area contributed by atoms with Crippen LogP contribution in [-0.4, -0.2) is 9.97 Å². The van der Waals surface area contributed by atoms with E-state index in [4.69, 9.17) is 10.00 Å². The Morgan fingerprint density at radius 2 is 2.24 bits per heavy atom. The maximum atomic E-state index is 8.71. The molecule has 17 heavy (non-hydrogen) atoms. The SMILES string of the molecule is CCc1cccc(Oc2nccc(C#N)n2)c1. The lowest BCUT2D eigenvalue weighted by molar-refractivity contribution is 0.440. The number of hydrogen-bond donors (Lipinski definition) is 0. The molecule has 0 radical (unpaired) electrons. The summed E-state index contributed by atoms with van der Waals surface area (Å²) < 4.78 is 5.49. The van der Waals surface area contributed by atoms with Crippen molar-refractivity contribution in [2.45, 2.75) is 13.3 Å². The third-order valence-electron chi connectivity index (χ3n) is 2.26. The second-order valence-electron chi connectivity index (χ2n) is 3.44. The van der Waals surface area contributed by atoms with Gasteiger partial charge in [-0.2, -0.15) is 10.2 Å². The minimum Gasteiger partial charge on any atom is -0.424 e. The van der Waals surface area contributed by atoms with Gasteiger partial charge in [0.1, 0.15) is 17.5 Å². The van der Waals surface area contributed by atoms with Gasteiger partial charge in [-0.3, -0.25) is 0 Å². The first-order valence-electron chi connectivity index (χ1n) is 5.31. The van der Waals surface area contributed by atoms with Crippen molar-refractivity contribution in [3.05, 3.63) is 47.8 Å². The Balaban J connectivity index is 2.22. The minimum atomic E-state index is 0.192. The van der Waals surface area contributed by atoms with Crippen LogP contribution in [0.5, 0.6) is 11.8 Å². The Kier molecular flexibility index (Phi) is 3.31. The predicted molar refractivity (Wildman–Crippen MR) is 62.6 cm³/mol. The summed E-state index contributed by atoms with van der Waals surface area (Å²) in [5.41, 5.74) is 1.47. The molecule has 1 aromatic heterocycles. The van der Waals surface area contributed by atoms with Gasteiger partial charge in [-0.05, 0) is 30.2 Å². The Labute approximate surface area is 99.5 Å². The molecule has 1 aromatic carbocycles. The van der Waals surface area contributed by atoms with E-state index in [-0.39, 0.29) is 6.01 Å². The van der Waals surface area contributed by atoms with Crippen molar-refractivity contribution >= 4 is 0 Å². The zero-order valence-corrected chi connectivity index (χ0v) is 9.42. The van der Waals surface area contributed by atoms with E-state index >= 15 is 0 Å². The molecular formula is C13H11N3O. The number of nitriles is 1. The van der Waals surface area contributed by atoms with Crippen LogP contribution in [0, 0.1) is 11.3 Å². The van der Waals surface area contributed by atoms with Crippen LogP contribution in [0.4, 0.5) is 0 Å². The molecule has 0 N–H and O–H groups in total. The van der Waals surface area contributed by atoms with Gasteiger partial charge < -0.3 is 4.74 Å². The summed E-state index contributed by atoms with van der Waals surface area (Å²) in [6.07, 6.45) is 2.45. The van der Waals surface area contributed by atoms with Gasteiger partial charge >= 0.3 is 6.01 Å². The van der Waals surface area contributed by atoms with Gasteiger partial charge in [0.05, 0.1) is 0 Å². The highest BCUT2D eigenvalue weighted by atomic mass is 16.5. The van der Waals surface area contributed by atoms with Crippen molar-refractivity contribution in [2.75, 3.05) is 0 Å². The van der Waals surface area contributed by atoms with Gasteiger partial charge in [-0.25, -0.2) is 4.98 Å². The van der Waals surface area contributed by atoms with Gasteiger partial charge in [-0.15, -0.1) is 0 Å². The van der Waals surface area contributed by atoms with Crippen LogP contribution >= 0.6 is 0 Å². The topological polar surface area (TPSA) is 58.8 Å². The zero-order valence-electron chi connectivity index (χ0n) is 9.42. The fourth-order valence-electron chi connectivity index (χ4n) is 1.39. The smallest absolute Gasteiger partial charge is 0.323 e. The van der Waals surface area contributed by atoms with Gasteiger partial charge in [-0.1, -0.05) is 19.1 Å². The quantitative estimate of drug-likeness (QED) is 0.805. The van der Waals surface area contributed by atoms with Crippen LogP contribution in [0.25, 0.3) is 0 Å². The molecule has 84 valence electrons. The first kappa shape index (κ1) is 11.1. The number of hydrogen-bond acceptors (Lipinski definition) is 4. The molecule has 4 nitrogen and oxygen atoms in total. The largest absolute Gasteiger partial charge is 0.424 e. The van der Waals surface area contributed by atoms with Gasteiger partial charge in [0.2, 0.25) is 0 Å². The number of aromatic nitrogens is 2. The summed E-state index contributed by atoms with van der Waals surface area (Å²) in [7, 11) is 0. The van der Waals surface area contributed by atoms with Crippen molar-refractivity contribution in [3.63, 3.8) is 0 Å². The Bertz CT molecular complexity index is 561. The summed E-state index contributed by atoms with van der Waals surface area (Å²) in [4.78, 5) is 7.90. The molecule has 1 heterocycles. The van der Waals surface area contributed by atoms with Gasteiger partial charge in [0, 0.05) is 6.20 Å². The molecule has 0 fully saturated rings. The van der Waals surface area contributed by atoms with Crippen LogP contribution in [0.2, 0.25) is 0 Å². The molecule has 0 aliphatic heterocycles. The maximum Gasteiger partial charge on any atom is 0.323 e. The molecular weight excluding hydrogens is 214 g/mol. The maximum absolute atomic E-state index is 8.71. The van der Waals surface area contributed by atoms with Crippen molar-refractivity contribution in [1.29, 1.82) is 5.26 Å². The van der Waals surface area contributed by atoms with E-state index in [2.05, 4.69) is 16.9 Å². The average Bonchev–Trinajstić information content (AvgIpc) is 2.39. The molecule has 2 rings (SSSR count). The lowest BCUT2D eigenvalue weighted by Crippen LogP contribution is -1.93. The van der Waals surface area contributed by atoms with E-state index in [1.54, 1.807) is 0 Å². The second-order valence-corrected chi connectivity index (χ2v) is 3.44. The summed E-state index contributed by atoms with van der Waals surface area (Å²) >= 11 is 0. The van der Waals surface area contributed by atoms with Crippen LogP contribution in [0.15, 0.2) is 36.5 Å². The van der Waals surface area contributed by atoms with Crippen LogP contribution in [0.1, 0.15) is 18.2 Å². The monoisotopic (exact) mass is 225 g/mol. The molecule has 0 amide bonds. The molecule has 0 atom stereocenters. The fraction of sp³-hybridized carbons (Fsp3) is 0.154. The van der Waals surface area contributed by atoms with Crippen molar-refractivity contribution in [2.24, 2.45) is 0 Å². The number of benzene rings is 1. The highest BCUT2D eigenvalue weighted by molar-refractivity contribution is 5.31. The Morgan fingerprint density at radius 3 is 3.00 bits per heavy atom. The van der Waals surface area contributed by atoms with Crippen LogP contribution < -0.4 is 4.74 Å². The molecule has 0 aliphatic rings. The van der Waals surface area contributed by atoms with Crippen molar-refractivity contribution in [3.8, 4) is 17.8 Å². The van der Waals surface area contributed by atoms with Gasteiger partial charge in [0.25, 0.3) is 0 Å². The summed E-state index contributed by atoms with van der Waals surface area (Å²) in [5, 5.41) is 8.71. The molecule has 0 unspecified atom stereocenters. The third-order valence-corrected chi connectivity index (χ3v) is 2.26. The predicted octanol–water partition coefficient (Wildman–Crippen LogP) is 2.70. The minimum absolute atomic E-state index is 0.192. The van der Waals surface area contributed by atoms with Gasteiger partial charge in [0.15, 0.2) is 0 Å². The lowest BCUT2D eigenvalue weighted by Gasteiger charge is -2.04. The molecule has 0 spiro atoms. The Hall–Kier alpha value is -2.41. The average molecular weight is 225 g/mol. The van der Waals surface area contributed by atoms with Crippen LogP contribution in [0.3, 0.4) is 0 Å². The van der Waals surface area contributed by atoms with E-state index in [0.29, 0.717) is 11.4 Å². The summed E-state index contributed by atoms with van der Waals surface area (Å²) in [6.45, 7) is 2.08. The van der Waals surface area contributed by atoms with Crippen molar-refractivity contribution < 1.29 is 4.74 Å². The molecule has 0 aliphatic carbocycles. The van der Waals surface area contributed by atoms with Crippen molar-refractivity contribution in [1.82, 2.24) is 9.97 Å². The molecule has 0 saturated carbocycles. The van der Waals surface area contributed by atoms with E-state index in [1.807, 2.05) is 30.3 Å². The molecule has 4 heteroatoms. The highest BCUT2D eigenvalue weighted by Crippen LogP contribution is 2.19. The first-order chi connectivity index (χ1) is 8.31. The number of ether oxygens (including phenoxy) is 1. The van der Waals surface area contributed by atoms with E-state index in [1.165, 1.54) is 17.8 Å². The summed E-state index contributed by atoms with van der Waals surface area (Å²) in [5.74, 6) is 0.680. The number of rotatable bonds is 3. The Morgan fingerprint density at radius 1 is 1.35 bits per heavy atom. The number of aryl methyl sites for hydroxylation is 1. The molecule has 0 bridgehead atoms.